The van der Waals surface area contributed by atoms with Crippen molar-refractivity contribution in [1.82, 2.24) is 5.17 Å². The highest BCUT2D eigenvalue weighted by Gasteiger charge is 2.18. The number of nitrogens with zero attached hydrogens (tertiary/aromatic N) is 2. The lowest BCUT2D eigenvalue weighted by atomic mass is 10.7. The van der Waals surface area contributed by atoms with E-state index in [4.69, 9.17) is 0 Å². The summed E-state index contributed by atoms with van der Waals surface area (Å²) in [6.07, 6.45) is 2.48. The average molecular weight is 114 g/mol. The fourth-order valence-corrected chi connectivity index (χ4v) is 0.298. The molecule has 0 saturated carbocycles. The molecule has 0 aromatic rings. The summed E-state index contributed by atoms with van der Waals surface area (Å²) in [7, 11) is 0. The normalized spacial score (nSPS) is 16.2. The van der Waals surface area contributed by atoms with Gasteiger partial charge in [0.05, 0.1) is 5.17 Å². The van der Waals surface area contributed by atoms with Crippen molar-refractivity contribution in [3.05, 3.63) is 29.0 Å². The molecule has 0 aliphatic carbocycles. The Morgan fingerprint density at radius 2 is 2.62 bits per heavy atom. The average Bonchev–Trinajstić information content (AvgIpc) is 2.12. The Bertz CT molecular complexity index is 124. The minimum absolute atomic E-state index is 0.389. The van der Waals surface area contributed by atoms with Crippen LogP contribution >= 0.6 is 0 Å². The van der Waals surface area contributed by atoms with Gasteiger partial charge in [-0.05, 0) is 6.08 Å². The van der Waals surface area contributed by atoms with E-state index >= 15 is 0 Å². The third-order valence-corrected chi connectivity index (χ3v) is 0.562. The molecule has 8 heavy (non-hydrogen) atoms. The van der Waals surface area contributed by atoms with Gasteiger partial charge in [-0.3, -0.25) is 0 Å². The van der Waals surface area contributed by atoms with Crippen molar-refractivity contribution in [2.24, 2.45) is 0 Å². The summed E-state index contributed by atoms with van der Waals surface area (Å²) in [6.45, 7) is 2.19. The van der Waals surface area contributed by atoms with Crippen LogP contribution in [0.3, 0.4) is 0 Å². The molecule has 0 saturated heterocycles. The van der Waals surface area contributed by atoms with Gasteiger partial charge in [0, 0.05) is 0 Å². The van der Waals surface area contributed by atoms with Gasteiger partial charge < -0.3 is 4.84 Å². The quantitative estimate of drug-likeness (QED) is 0.355. The topological polar surface area (TPSA) is 55.6 Å². The molecule has 0 N–H and O–H groups in total. The summed E-state index contributed by atoms with van der Waals surface area (Å²) < 4.78 is 0. The van der Waals surface area contributed by atoms with Gasteiger partial charge in [-0.1, -0.05) is 0 Å². The Kier molecular flexibility index (Phi) is 1.03. The minimum atomic E-state index is -0.722. The second kappa shape index (κ2) is 1.69. The summed E-state index contributed by atoms with van der Waals surface area (Å²) in [6, 6.07) is 0. The Morgan fingerprint density at radius 1 is 1.88 bits per heavy atom. The Morgan fingerprint density at radius 3 is 2.88 bits per heavy atom. The molecule has 5 heteroatoms. The van der Waals surface area contributed by atoms with Crippen molar-refractivity contribution >= 4 is 0 Å². The van der Waals surface area contributed by atoms with Crippen molar-refractivity contribution < 1.29 is 9.87 Å². The lowest BCUT2D eigenvalue weighted by Gasteiger charge is -1.99. The van der Waals surface area contributed by atoms with Crippen LogP contribution < -0.4 is 0 Å². The number of hydrazine groups is 1. The highest BCUT2D eigenvalue weighted by molar-refractivity contribution is 4.89. The maximum Gasteiger partial charge on any atom is 0.242 e. The van der Waals surface area contributed by atoms with Crippen molar-refractivity contribution in [2.45, 2.75) is 0 Å². The van der Waals surface area contributed by atoms with Gasteiger partial charge in [-0.2, -0.15) is 0 Å². The Hall–Kier alpha value is -1.26. The zero-order valence-corrected chi connectivity index (χ0v) is 3.77. The number of hydrogen-bond acceptors (Lipinski definition) is 3. The highest BCUT2D eigenvalue weighted by atomic mass is 16.8. The molecule has 0 fully saturated rings. The van der Waals surface area contributed by atoms with Crippen molar-refractivity contribution in [3.8, 4) is 0 Å². The molecule has 1 rings (SSSR count). The lowest BCUT2D eigenvalue weighted by Crippen LogP contribution is -2.21. The van der Waals surface area contributed by atoms with E-state index in [1.165, 1.54) is 12.3 Å². The van der Waals surface area contributed by atoms with Crippen LogP contribution in [0.15, 0.2) is 12.3 Å². The van der Waals surface area contributed by atoms with E-state index in [9.17, 15) is 10.1 Å². The lowest BCUT2D eigenvalue weighted by molar-refractivity contribution is -0.712. The summed E-state index contributed by atoms with van der Waals surface area (Å²) in [4.78, 5) is 14.0. The maximum atomic E-state index is 9.71. The van der Waals surface area contributed by atoms with Gasteiger partial charge in [0.2, 0.25) is 6.54 Å². The molecule has 1 heterocycles. The number of rotatable bonds is 1. The molecule has 1 aliphatic heterocycles. The smallest absolute Gasteiger partial charge is 0.242 e. The van der Waals surface area contributed by atoms with E-state index in [0.717, 1.165) is 0 Å². The Labute approximate surface area is 45.2 Å². The molecule has 0 unspecified atom stereocenters. The molecule has 1 aliphatic rings. The molecule has 0 aromatic carbocycles. The first-order chi connectivity index (χ1) is 3.80. The fourth-order valence-electron chi connectivity index (χ4n) is 0.298. The molecule has 0 amide bonds. The van der Waals surface area contributed by atoms with Crippen LogP contribution in [0.5, 0.6) is 0 Å². The van der Waals surface area contributed by atoms with Gasteiger partial charge in [0.15, 0.2) is 5.03 Å². The third kappa shape index (κ3) is 0.699. The predicted octanol–water partition coefficient (Wildman–Crippen LogP) is -0.0222. The Balaban J connectivity index is 2.41. The summed E-state index contributed by atoms with van der Waals surface area (Å²) >= 11 is 0. The maximum absolute atomic E-state index is 9.71. The number of hydroxylamine groups is 1. The minimum Gasteiger partial charge on any atom is -0.336 e. The van der Waals surface area contributed by atoms with Crippen molar-refractivity contribution in [3.63, 3.8) is 0 Å². The largest absolute Gasteiger partial charge is 0.336 e. The van der Waals surface area contributed by atoms with E-state index in [1.807, 2.05) is 0 Å². The van der Waals surface area contributed by atoms with E-state index < -0.39 is 5.03 Å². The molecule has 2 radical (unpaired) electrons. The first-order valence-electron chi connectivity index (χ1n) is 1.83. The van der Waals surface area contributed by atoms with E-state index in [2.05, 4.69) is 11.4 Å². The summed E-state index contributed by atoms with van der Waals surface area (Å²) in [5.74, 6) is 0. The van der Waals surface area contributed by atoms with Crippen LogP contribution in [0.1, 0.15) is 0 Å². The van der Waals surface area contributed by atoms with Gasteiger partial charge in [0.1, 0.15) is 6.26 Å². The summed E-state index contributed by atoms with van der Waals surface area (Å²) in [5, 5.41) is 9.37. The molecule has 42 valence electrons. The second-order valence-electron chi connectivity index (χ2n) is 1.05. The van der Waals surface area contributed by atoms with Gasteiger partial charge in [-0.15, -0.1) is 0 Å². The van der Waals surface area contributed by atoms with Crippen molar-refractivity contribution in [2.75, 3.05) is 0 Å². The van der Waals surface area contributed by atoms with Gasteiger partial charge >= 0.3 is 0 Å². The van der Waals surface area contributed by atoms with Crippen LogP contribution in [-0.2, 0) is 4.84 Å². The van der Waals surface area contributed by atoms with Gasteiger partial charge in [0.25, 0.3) is 0 Å². The van der Waals surface area contributed by atoms with Crippen LogP contribution in [0, 0.1) is 16.7 Å². The van der Waals surface area contributed by atoms with Crippen molar-refractivity contribution in [1.29, 1.82) is 0 Å². The molecule has 0 spiro atoms. The second-order valence-corrected chi connectivity index (χ2v) is 1.05. The van der Waals surface area contributed by atoms with E-state index in [1.54, 1.807) is 0 Å². The molecule has 0 aromatic heterocycles. The standard InChI is InChI=1S/C3H2N2O3/c6-5(7)4-2-1-3-8-4/h1,3H. The van der Waals surface area contributed by atoms with Crippen LogP contribution in [0.25, 0.3) is 0 Å². The fraction of sp³-hybridized carbons (Fsp3) is 0. The monoisotopic (exact) mass is 114 g/mol. The summed E-state index contributed by atoms with van der Waals surface area (Å²) in [5.41, 5.74) is 0. The zero-order valence-electron chi connectivity index (χ0n) is 3.77. The SMILES string of the molecule is O=[N+]([O-])N1[C]C=CO1. The molecular weight excluding hydrogens is 112 g/mol. The first kappa shape index (κ1) is 4.89. The third-order valence-electron chi connectivity index (χ3n) is 0.562. The van der Waals surface area contributed by atoms with Crippen LogP contribution in [0.4, 0.5) is 0 Å². The molecular formula is C3H2N2O3. The highest BCUT2D eigenvalue weighted by Crippen LogP contribution is 2.03. The number of nitro groups is 1. The van der Waals surface area contributed by atoms with Gasteiger partial charge in [-0.25, -0.2) is 10.1 Å². The van der Waals surface area contributed by atoms with Crippen LogP contribution in [0.2, 0.25) is 0 Å². The molecule has 0 atom stereocenters. The molecule has 5 nitrogen and oxygen atoms in total. The van der Waals surface area contributed by atoms with E-state index in [-0.39, 0.29) is 0 Å². The zero-order chi connectivity index (χ0) is 5.98. The molecule has 0 bridgehead atoms. The predicted molar refractivity (Wildman–Crippen MR) is 22.3 cm³/mol. The van der Waals surface area contributed by atoms with E-state index in [0.29, 0.717) is 5.17 Å². The van der Waals surface area contributed by atoms with Crippen LogP contribution in [-0.4, -0.2) is 10.2 Å². The number of hydrogen-bond donors (Lipinski definition) is 0. The first-order valence-corrected chi connectivity index (χ1v) is 1.83.